The normalized spacial score (nSPS) is 11.9. The van der Waals surface area contributed by atoms with Gasteiger partial charge < -0.3 is 10.1 Å². The molecule has 0 saturated carbocycles. The molecule has 1 amide bonds. The van der Waals surface area contributed by atoms with Crippen molar-refractivity contribution in [3.63, 3.8) is 0 Å². The van der Waals surface area contributed by atoms with Crippen molar-refractivity contribution in [2.75, 3.05) is 18.2 Å². The third-order valence-electron chi connectivity index (χ3n) is 4.30. The topological polar surface area (TPSA) is 98.2 Å². The van der Waals surface area contributed by atoms with Gasteiger partial charge >= 0.3 is 6.18 Å². The van der Waals surface area contributed by atoms with Gasteiger partial charge in [0, 0.05) is 11.4 Å². The van der Waals surface area contributed by atoms with E-state index < -0.39 is 38.5 Å². The van der Waals surface area contributed by atoms with E-state index in [1.807, 2.05) is 0 Å². The lowest BCUT2D eigenvalue weighted by Crippen LogP contribution is -2.18. The van der Waals surface area contributed by atoms with Crippen LogP contribution in [-0.4, -0.2) is 37.2 Å². The Morgan fingerprint density at radius 3 is 2.61 bits per heavy atom. The Bertz CT molecular complexity index is 1250. The Hall–Kier alpha value is -2.70. The zero-order valence-electron chi connectivity index (χ0n) is 17.0. The quantitative estimate of drug-likeness (QED) is 0.417. The fourth-order valence-electron chi connectivity index (χ4n) is 2.76. The minimum absolute atomic E-state index is 0.142. The van der Waals surface area contributed by atoms with Gasteiger partial charge in [-0.15, -0.1) is 11.3 Å². The van der Waals surface area contributed by atoms with Crippen molar-refractivity contribution in [3.8, 4) is 16.3 Å². The van der Waals surface area contributed by atoms with Gasteiger partial charge in [0.1, 0.15) is 11.4 Å². The number of ether oxygens (including phenoxy) is 1. The van der Waals surface area contributed by atoms with Gasteiger partial charge in [0.15, 0.2) is 0 Å². The molecule has 0 atom stereocenters. The van der Waals surface area contributed by atoms with Crippen molar-refractivity contribution >= 4 is 44.4 Å². The van der Waals surface area contributed by atoms with Gasteiger partial charge in [0.05, 0.1) is 29.1 Å². The first-order chi connectivity index (χ1) is 15.5. The summed E-state index contributed by atoms with van der Waals surface area (Å²) in [4.78, 5) is 19.7. The van der Waals surface area contributed by atoms with Gasteiger partial charge in [-0.05, 0) is 42.1 Å². The molecule has 0 aliphatic rings. The van der Waals surface area contributed by atoms with Crippen LogP contribution in [0.1, 0.15) is 18.5 Å². The molecule has 2 heterocycles. The summed E-state index contributed by atoms with van der Waals surface area (Å²) >= 11 is 7.02. The first-order valence-electron chi connectivity index (χ1n) is 9.36. The van der Waals surface area contributed by atoms with Crippen LogP contribution in [0.3, 0.4) is 0 Å². The number of carbonyl (C=O) groups is 1. The highest BCUT2D eigenvalue weighted by Gasteiger charge is 2.35. The number of carbonyl (C=O) groups excluding carboxylic acids is 1. The molecule has 2 aromatic heterocycles. The molecule has 7 nitrogen and oxygen atoms in total. The van der Waals surface area contributed by atoms with Crippen molar-refractivity contribution in [2.45, 2.75) is 24.2 Å². The molecule has 0 bridgehead atoms. The minimum atomic E-state index is -4.85. The van der Waals surface area contributed by atoms with Crippen LogP contribution in [0, 0.1) is 0 Å². The third-order valence-corrected chi connectivity index (χ3v) is 6.99. The lowest BCUT2D eigenvalue weighted by molar-refractivity contribution is -0.141. The van der Waals surface area contributed by atoms with E-state index in [0.717, 1.165) is 11.3 Å². The summed E-state index contributed by atoms with van der Waals surface area (Å²) < 4.78 is 70.3. The molecule has 33 heavy (non-hydrogen) atoms. The first-order valence-corrected chi connectivity index (χ1v) is 12.3. The lowest BCUT2D eigenvalue weighted by Gasteiger charge is -2.11. The standard InChI is InChI=1S/C20H17ClF3N3O4S2/c1-31-15-7-6-12(21)10-13(15)25-18(28)5-3-9-33(29,30)19-26-14(16-4-2-8-32-16)11-17(27-19)20(22,23)24/h2,4,6-8,10-11H,3,5,9H2,1H3,(H,25,28). The maximum atomic E-state index is 13.3. The van der Waals surface area contributed by atoms with E-state index >= 15 is 0 Å². The van der Waals surface area contributed by atoms with Crippen LogP contribution >= 0.6 is 22.9 Å². The Morgan fingerprint density at radius 2 is 1.97 bits per heavy atom. The highest BCUT2D eigenvalue weighted by Crippen LogP contribution is 2.32. The minimum Gasteiger partial charge on any atom is -0.495 e. The van der Waals surface area contributed by atoms with Crippen molar-refractivity contribution in [3.05, 3.63) is 52.5 Å². The van der Waals surface area contributed by atoms with Crippen molar-refractivity contribution in [2.24, 2.45) is 0 Å². The van der Waals surface area contributed by atoms with E-state index in [1.165, 1.54) is 19.2 Å². The molecule has 0 aliphatic carbocycles. The Morgan fingerprint density at radius 1 is 1.21 bits per heavy atom. The molecule has 13 heteroatoms. The van der Waals surface area contributed by atoms with Crippen LogP contribution in [-0.2, 0) is 20.8 Å². The van der Waals surface area contributed by atoms with E-state index in [1.54, 1.807) is 23.6 Å². The zero-order chi connectivity index (χ0) is 24.2. The van der Waals surface area contributed by atoms with Gasteiger partial charge in [-0.3, -0.25) is 4.79 Å². The predicted molar refractivity (Wildman–Crippen MR) is 118 cm³/mol. The van der Waals surface area contributed by atoms with Crippen LogP contribution in [0.25, 0.3) is 10.6 Å². The summed E-state index contributed by atoms with van der Waals surface area (Å²) in [5.74, 6) is -0.771. The number of hydrogen-bond acceptors (Lipinski definition) is 7. The second-order valence-corrected chi connectivity index (χ2v) is 10.1. The van der Waals surface area contributed by atoms with Gasteiger partial charge in [-0.2, -0.15) is 13.2 Å². The lowest BCUT2D eigenvalue weighted by atomic mass is 10.2. The number of hydrogen-bond donors (Lipinski definition) is 1. The highest BCUT2D eigenvalue weighted by atomic mass is 35.5. The molecule has 0 fully saturated rings. The monoisotopic (exact) mass is 519 g/mol. The van der Waals surface area contributed by atoms with E-state index in [9.17, 15) is 26.4 Å². The molecule has 0 aliphatic heterocycles. The second-order valence-electron chi connectivity index (χ2n) is 6.71. The van der Waals surface area contributed by atoms with Gasteiger partial charge in [0.25, 0.3) is 0 Å². The van der Waals surface area contributed by atoms with Gasteiger partial charge in [0.2, 0.25) is 20.9 Å². The average molecular weight is 520 g/mol. The van der Waals surface area contributed by atoms with E-state index in [4.69, 9.17) is 16.3 Å². The number of rotatable bonds is 8. The van der Waals surface area contributed by atoms with Crippen LogP contribution in [0.15, 0.2) is 46.9 Å². The van der Waals surface area contributed by atoms with Crippen LogP contribution in [0.2, 0.25) is 5.02 Å². The average Bonchev–Trinajstić information content (AvgIpc) is 3.28. The van der Waals surface area contributed by atoms with Gasteiger partial charge in [-0.25, -0.2) is 18.4 Å². The number of anilines is 1. The molecule has 176 valence electrons. The number of nitrogens with one attached hydrogen (secondary N) is 1. The molecule has 1 aromatic carbocycles. The van der Waals surface area contributed by atoms with Crippen molar-refractivity contribution < 1.29 is 31.1 Å². The number of thiophene rings is 1. The summed E-state index contributed by atoms with van der Waals surface area (Å²) in [6.45, 7) is 0. The summed E-state index contributed by atoms with van der Waals surface area (Å²) in [5.41, 5.74) is -1.19. The smallest absolute Gasteiger partial charge is 0.433 e. The number of alkyl halides is 3. The van der Waals surface area contributed by atoms with Crippen LogP contribution < -0.4 is 10.1 Å². The summed E-state index contributed by atoms with van der Waals surface area (Å²) in [5, 5.41) is 3.62. The van der Waals surface area contributed by atoms with Crippen LogP contribution in [0.5, 0.6) is 5.75 Å². The molecule has 0 unspecified atom stereocenters. The first kappa shape index (κ1) is 24.9. The van der Waals surface area contributed by atoms with E-state index in [2.05, 4.69) is 15.3 Å². The zero-order valence-corrected chi connectivity index (χ0v) is 19.4. The molecule has 0 saturated heterocycles. The molecule has 0 radical (unpaired) electrons. The summed E-state index contributed by atoms with van der Waals surface area (Å²) in [6.07, 6.45) is -5.23. The van der Waals surface area contributed by atoms with Crippen molar-refractivity contribution in [1.82, 2.24) is 9.97 Å². The number of benzene rings is 1. The highest BCUT2D eigenvalue weighted by molar-refractivity contribution is 7.91. The molecule has 3 aromatic rings. The summed E-state index contributed by atoms with van der Waals surface area (Å²) in [6, 6.07) is 8.43. The van der Waals surface area contributed by atoms with E-state index in [0.29, 0.717) is 27.4 Å². The van der Waals surface area contributed by atoms with Crippen molar-refractivity contribution in [1.29, 1.82) is 0 Å². The van der Waals surface area contributed by atoms with Crippen LogP contribution in [0.4, 0.5) is 18.9 Å². The number of methoxy groups -OCH3 is 1. The largest absolute Gasteiger partial charge is 0.495 e. The SMILES string of the molecule is COc1ccc(Cl)cc1NC(=O)CCCS(=O)(=O)c1nc(-c2cccs2)cc(C(F)(F)F)n1. The molecule has 3 rings (SSSR count). The fraction of sp³-hybridized carbons (Fsp3) is 0.250. The molecule has 1 N–H and O–H groups in total. The molecular weight excluding hydrogens is 503 g/mol. The Balaban J connectivity index is 1.74. The Kier molecular flexibility index (Phi) is 7.60. The Labute approximate surface area is 196 Å². The maximum Gasteiger partial charge on any atom is 0.433 e. The van der Waals surface area contributed by atoms with Gasteiger partial charge in [-0.1, -0.05) is 17.7 Å². The summed E-state index contributed by atoms with van der Waals surface area (Å²) in [7, 11) is -2.88. The number of aromatic nitrogens is 2. The maximum absolute atomic E-state index is 13.3. The molecular formula is C20H17ClF3N3O4S2. The predicted octanol–water partition coefficient (Wildman–Crippen LogP) is 5.08. The second kappa shape index (κ2) is 10.1. The third kappa shape index (κ3) is 6.42. The number of halogens is 4. The number of amides is 1. The molecule has 0 spiro atoms. The van der Waals surface area contributed by atoms with E-state index in [-0.39, 0.29) is 18.5 Å². The fourth-order valence-corrected chi connectivity index (χ4v) is 4.80. The number of sulfone groups is 1. The number of nitrogens with zero attached hydrogens (tertiary/aromatic N) is 2.